The summed E-state index contributed by atoms with van der Waals surface area (Å²) < 4.78 is 1.89. The molecule has 0 N–H and O–H groups in total. The first-order chi connectivity index (χ1) is 6.35. The Morgan fingerprint density at radius 2 is 2.38 bits per heavy atom. The molecule has 0 atom stereocenters. The fraction of sp³-hybridized carbons (Fsp3) is 0.375. The number of fused-ring (bicyclic) bond motifs is 1. The van der Waals surface area contributed by atoms with Crippen LogP contribution >= 0.6 is 11.8 Å². The SMILES string of the molecule is CCc1cc2nncn2c(SC)n1. The summed E-state index contributed by atoms with van der Waals surface area (Å²) >= 11 is 1.60. The van der Waals surface area contributed by atoms with E-state index < -0.39 is 0 Å². The van der Waals surface area contributed by atoms with E-state index in [1.807, 2.05) is 16.7 Å². The van der Waals surface area contributed by atoms with Crippen molar-refractivity contribution < 1.29 is 0 Å². The van der Waals surface area contributed by atoms with E-state index in [0.29, 0.717) is 0 Å². The molecule has 0 aliphatic rings. The highest BCUT2D eigenvalue weighted by Gasteiger charge is 2.04. The van der Waals surface area contributed by atoms with E-state index in [1.54, 1.807) is 18.1 Å². The van der Waals surface area contributed by atoms with Gasteiger partial charge in [-0.3, -0.25) is 4.40 Å². The number of thioether (sulfide) groups is 1. The Balaban J connectivity index is 2.70. The molecule has 0 aromatic carbocycles. The van der Waals surface area contributed by atoms with Crippen LogP contribution in [0, 0.1) is 0 Å². The standard InChI is InChI=1S/C8H10N4S/c1-3-6-4-7-11-9-5-12(7)8(10-6)13-2/h4-5H,3H2,1-2H3. The predicted octanol–water partition coefficient (Wildman–Crippen LogP) is 1.41. The molecule has 0 fully saturated rings. The van der Waals surface area contributed by atoms with E-state index >= 15 is 0 Å². The highest BCUT2D eigenvalue weighted by atomic mass is 32.2. The van der Waals surface area contributed by atoms with E-state index in [2.05, 4.69) is 22.1 Å². The molecule has 0 amide bonds. The summed E-state index contributed by atoms with van der Waals surface area (Å²) in [6, 6.07) is 1.96. The van der Waals surface area contributed by atoms with E-state index in [0.717, 1.165) is 22.9 Å². The van der Waals surface area contributed by atoms with Crippen molar-refractivity contribution in [3.63, 3.8) is 0 Å². The molecule has 0 saturated heterocycles. The third kappa shape index (κ3) is 1.39. The smallest absolute Gasteiger partial charge is 0.175 e. The first-order valence-electron chi connectivity index (χ1n) is 4.08. The van der Waals surface area contributed by atoms with Gasteiger partial charge in [-0.05, 0) is 12.7 Å². The molecule has 5 heteroatoms. The fourth-order valence-electron chi connectivity index (χ4n) is 1.17. The topological polar surface area (TPSA) is 43.1 Å². The second kappa shape index (κ2) is 3.33. The lowest BCUT2D eigenvalue weighted by Crippen LogP contribution is -1.97. The fourth-order valence-corrected chi connectivity index (χ4v) is 1.72. The third-order valence-electron chi connectivity index (χ3n) is 1.86. The zero-order chi connectivity index (χ0) is 9.26. The Morgan fingerprint density at radius 1 is 1.54 bits per heavy atom. The number of hydrogen-bond acceptors (Lipinski definition) is 4. The van der Waals surface area contributed by atoms with Crippen LogP contribution in [0.4, 0.5) is 0 Å². The van der Waals surface area contributed by atoms with Gasteiger partial charge < -0.3 is 0 Å². The van der Waals surface area contributed by atoms with Gasteiger partial charge in [-0.2, -0.15) is 0 Å². The van der Waals surface area contributed by atoms with Gasteiger partial charge in [-0.1, -0.05) is 18.7 Å². The van der Waals surface area contributed by atoms with Crippen LogP contribution in [0.15, 0.2) is 17.6 Å². The number of nitrogens with zero attached hydrogens (tertiary/aromatic N) is 4. The van der Waals surface area contributed by atoms with Crippen LogP contribution in [0.5, 0.6) is 0 Å². The first-order valence-corrected chi connectivity index (χ1v) is 5.31. The summed E-state index contributed by atoms with van der Waals surface area (Å²) in [7, 11) is 0. The third-order valence-corrected chi connectivity index (χ3v) is 2.51. The van der Waals surface area contributed by atoms with E-state index in [9.17, 15) is 0 Å². The summed E-state index contributed by atoms with van der Waals surface area (Å²) in [4.78, 5) is 4.46. The lowest BCUT2D eigenvalue weighted by Gasteiger charge is -2.02. The number of rotatable bonds is 2. The van der Waals surface area contributed by atoms with Gasteiger partial charge in [0.05, 0.1) is 0 Å². The molecule has 0 unspecified atom stereocenters. The van der Waals surface area contributed by atoms with Gasteiger partial charge in [0.25, 0.3) is 0 Å². The normalized spacial score (nSPS) is 10.9. The van der Waals surface area contributed by atoms with Crippen LogP contribution in [-0.2, 0) is 6.42 Å². The van der Waals surface area contributed by atoms with Crippen molar-refractivity contribution in [1.29, 1.82) is 0 Å². The maximum absolute atomic E-state index is 4.46. The van der Waals surface area contributed by atoms with Crippen LogP contribution in [0.2, 0.25) is 0 Å². The molecule has 0 spiro atoms. The number of aromatic nitrogens is 4. The van der Waals surface area contributed by atoms with Crippen molar-refractivity contribution in [2.24, 2.45) is 0 Å². The molecule has 0 radical (unpaired) electrons. The zero-order valence-corrected chi connectivity index (χ0v) is 8.38. The molecular weight excluding hydrogens is 184 g/mol. The Hall–Kier alpha value is -1.10. The average molecular weight is 194 g/mol. The largest absolute Gasteiger partial charge is 0.260 e. The van der Waals surface area contributed by atoms with Gasteiger partial charge in [-0.15, -0.1) is 10.2 Å². The minimum Gasteiger partial charge on any atom is -0.260 e. The number of aryl methyl sites for hydroxylation is 1. The van der Waals surface area contributed by atoms with Gasteiger partial charge in [0.1, 0.15) is 6.33 Å². The molecule has 68 valence electrons. The summed E-state index contributed by atoms with van der Waals surface area (Å²) in [5, 5.41) is 8.78. The van der Waals surface area contributed by atoms with Crippen molar-refractivity contribution >= 4 is 17.4 Å². The van der Waals surface area contributed by atoms with Crippen molar-refractivity contribution in [1.82, 2.24) is 19.6 Å². The first kappa shape index (κ1) is 8.50. The zero-order valence-electron chi connectivity index (χ0n) is 7.56. The molecule has 0 saturated carbocycles. The molecule has 0 aliphatic heterocycles. The van der Waals surface area contributed by atoms with Gasteiger partial charge in [0, 0.05) is 11.8 Å². The van der Waals surface area contributed by atoms with Crippen molar-refractivity contribution in [2.75, 3.05) is 6.26 Å². The molecule has 2 rings (SSSR count). The molecular formula is C8H10N4S. The second-order valence-electron chi connectivity index (χ2n) is 2.65. The molecule has 4 nitrogen and oxygen atoms in total. The van der Waals surface area contributed by atoms with E-state index in [-0.39, 0.29) is 0 Å². The van der Waals surface area contributed by atoms with Gasteiger partial charge in [0.15, 0.2) is 10.8 Å². The summed E-state index contributed by atoms with van der Waals surface area (Å²) in [6.07, 6.45) is 4.62. The molecule has 0 aliphatic carbocycles. The summed E-state index contributed by atoms with van der Waals surface area (Å²) in [5.41, 5.74) is 1.93. The average Bonchev–Trinajstić information content (AvgIpc) is 2.63. The van der Waals surface area contributed by atoms with Crippen LogP contribution in [-0.4, -0.2) is 25.8 Å². The summed E-state index contributed by atoms with van der Waals surface area (Å²) in [6.45, 7) is 2.08. The minimum absolute atomic E-state index is 0.871. The van der Waals surface area contributed by atoms with Crippen molar-refractivity contribution in [2.45, 2.75) is 18.5 Å². The van der Waals surface area contributed by atoms with Crippen molar-refractivity contribution in [3.8, 4) is 0 Å². The maximum Gasteiger partial charge on any atom is 0.175 e. The molecule has 2 heterocycles. The Labute approximate surface area is 80.4 Å². The van der Waals surface area contributed by atoms with Gasteiger partial charge in [0.2, 0.25) is 0 Å². The van der Waals surface area contributed by atoms with E-state index in [4.69, 9.17) is 0 Å². The molecule has 0 bridgehead atoms. The lowest BCUT2D eigenvalue weighted by molar-refractivity contribution is 0.850. The maximum atomic E-state index is 4.46. The van der Waals surface area contributed by atoms with E-state index in [1.165, 1.54) is 0 Å². The van der Waals surface area contributed by atoms with Crippen LogP contribution in [0.1, 0.15) is 12.6 Å². The summed E-state index contributed by atoms with van der Waals surface area (Å²) in [5.74, 6) is 0. The number of hydrogen-bond donors (Lipinski definition) is 0. The monoisotopic (exact) mass is 194 g/mol. The molecule has 13 heavy (non-hydrogen) atoms. The molecule has 2 aromatic rings. The predicted molar refractivity (Wildman–Crippen MR) is 51.9 cm³/mol. The molecule has 2 aromatic heterocycles. The van der Waals surface area contributed by atoms with Gasteiger partial charge >= 0.3 is 0 Å². The van der Waals surface area contributed by atoms with Crippen LogP contribution in [0.3, 0.4) is 0 Å². The second-order valence-corrected chi connectivity index (χ2v) is 3.42. The Kier molecular flexibility index (Phi) is 2.18. The minimum atomic E-state index is 0.871. The highest BCUT2D eigenvalue weighted by Crippen LogP contribution is 2.14. The highest BCUT2D eigenvalue weighted by molar-refractivity contribution is 7.98. The van der Waals surface area contributed by atoms with Crippen molar-refractivity contribution in [3.05, 3.63) is 18.1 Å². The van der Waals surface area contributed by atoms with Gasteiger partial charge in [-0.25, -0.2) is 4.98 Å². The van der Waals surface area contributed by atoms with Crippen LogP contribution in [0.25, 0.3) is 5.65 Å². The van der Waals surface area contributed by atoms with Crippen LogP contribution < -0.4 is 0 Å². The lowest BCUT2D eigenvalue weighted by atomic mass is 10.3. The Morgan fingerprint density at radius 3 is 3.08 bits per heavy atom. The quantitative estimate of drug-likeness (QED) is 0.535. The Bertz CT molecular complexity index is 423.